The van der Waals surface area contributed by atoms with Crippen LogP contribution in [0.15, 0.2) is 18.2 Å². The van der Waals surface area contributed by atoms with Gasteiger partial charge in [-0.15, -0.1) is 10.2 Å². The first kappa shape index (κ1) is 17.2. The summed E-state index contributed by atoms with van der Waals surface area (Å²) in [5.74, 6) is -1.05. The molecule has 1 aliphatic rings. The number of hydrogen-bond acceptors (Lipinski definition) is 6. The van der Waals surface area contributed by atoms with Crippen molar-refractivity contribution in [2.24, 2.45) is 0 Å². The highest BCUT2D eigenvalue weighted by atomic mass is 32.1. The summed E-state index contributed by atoms with van der Waals surface area (Å²) in [5, 5.41) is 11.8. The van der Waals surface area contributed by atoms with E-state index in [0.29, 0.717) is 22.7 Å². The minimum absolute atomic E-state index is 0.182. The molecule has 0 spiro atoms. The summed E-state index contributed by atoms with van der Waals surface area (Å²) in [7, 11) is 0. The van der Waals surface area contributed by atoms with Crippen LogP contribution in [0.1, 0.15) is 63.3 Å². The van der Waals surface area contributed by atoms with Gasteiger partial charge in [-0.2, -0.15) is 0 Å². The highest BCUT2D eigenvalue weighted by Gasteiger charge is 2.38. The molecular weight excluding hydrogens is 340 g/mol. The summed E-state index contributed by atoms with van der Waals surface area (Å²) in [6.45, 7) is 5.70. The Morgan fingerprint density at radius 2 is 1.92 bits per heavy atom. The van der Waals surface area contributed by atoms with Gasteiger partial charge in [-0.3, -0.25) is 24.6 Å². The van der Waals surface area contributed by atoms with Gasteiger partial charge >= 0.3 is 0 Å². The van der Waals surface area contributed by atoms with E-state index in [1.165, 1.54) is 28.4 Å². The Morgan fingerprint density at radius 1 is 1.20 bits per heavy atom. The molecule has 0 radical (unpaired) electrons. The van der Waals surface area contributed by atoms with Crippen LogP contribution in [0.25, 0.3) is 0 Å². The summed E-state index contributed by atoms with van der Waals surface area (Å²) in [4.78, 5) is 38.6. The molecule has 0 bridgehead atoms. The Kier molecular flexibility index (Phi) is 4.63. The molecule has 7 nitrogen and oxygen atoms in total. The topological polar surface area (TPSA) is 92.3 Å². The number of anilines is 1. The second-order valence-electron chi connectivity index (χ2n) is 5.81. The molecule has 8 heteroatoms. The van der Waals surface area contributed by atoms with E-state index in [2.05, 4.69) is 15.5 Å². The summed E-state index contributed by atoms with van der Waals surface area (Å²) in [5.41, 5.74) is 0.912. The maximum Gasteiger partial charge on any atom is 0.261 e. The van der Waals surface area contributed by atoms with Crippen LogP contribution < -0.4 is 5.32 Å². The molecule has 1 atom stereocenters. The van der Waals surface area contributed by atoms with E-state index < -0.39 is 0 Å². The molecule has 0 saturated carbocycles. The van der Waals surface area contributed by atoms with Crippen molar-refractivity contribution in [3.63, 3.8) is 0 Å². The lowest BCUT2D eigenvalue weighted by Gasteiger charge is -2.20. The van der Waals surface area contributed by atoms with Gasteiger partial charge in [-0.1, -0.05) is 25.2 Å². The molecule has 3 rings (SSSR count). The van der Waals surface area contributed by atoms with Crippen molar-refractivity contribution in [3.8, 4) is 0 Å². The van der Waals surface area contributed by atoms with Crippen molar-refractivity contribution in [1.82, 2.24) is 15.1 Å². The average molecular weight is 358 g/mol. The Hall–Kier alpha value is -2.61. The molecule has 3 amide bonds. The fourth-order valence-electron chi connectivity index (χ4n) is 2.60. The van der Waals surface area contributed by atoms with Gasteiger partial charge < -0.3 is 0 Å². The molecule has 0 aliphatic carbocycles. The maximum atomic E-state index is 12.5. The molecule has 1 N–H and O–H groups in total. The molecule has 0 saturated heterocycles. The Morgan fingerprint density at radius 3 is 2.56 bits per heavy atom. The van der Waals surface area contributed by atoms with Crippen molar-refractivity contribution >= 4 is 34.2 Å². The maximum absolute atomic E-state index is 12.5. The Bertz CT molecular complexity index is 861. The zero-order valence-corrected chi connectivity index (χ0v) is 15.0. The van der Waals surface area contributed by atoms with Crippen molar-refractivity contribution in [3.05, 3.63) is 39.9 Å². The molecule has 0 fully saturated rings. The van der Waals surface area contributed by atoms with Gasteiger partial charge in [0.2, 0.25) is 5.13 Å². The number of carbonyl (C=O) groups is 3. The second kappa shape index (κ2) is 6.72. The molecule has 2 aromatic rings. The lowest BCUT2D eigenvalue weighted by molar-refractivity contribution is 0.0593. The summed E-state index contributed by atoms with van der Waals surface area (Å²) in [6.07, 6.45) is 1.42. The summed E-state index contributed by atoms with van der Waals surface area (Å²) >= 11 is 1.31. The average Bonchev–Trinajstić information content (AvgIpc) is 3.17. The first-order chi connectivity index (χ1) is 12.0. The molecule has 1 aromatic carbocycles. The van der Waals surface area contributed by atoms with Crippen molar-refractivity contribution in [1.29, 1.82) is 0 Å². The third kappa shape index (κ3) is 3.05. The second-order valence-corrected chi connectivity index (χ2v) is 6.87. The predicted molar refractivity (Wildman–Crippen MR) is 93.9 cm³/mol. The van der Waals surface area contributed by atoms with E-state index in [1.807, 2.05) is 20.8 Å². The van der Waals surface area contributed by atoms with Crippen LogP contribution in [-0.2, 0) is 6.42 Å². The summed E-state index contributed by atoms with van der Waals surface area (Å²) < 4.78 is 0. The highest BCUT2D eigenvalue weighted by molar-refractivity contribution is 7.15. The number of carbonyl (C=O) groups excluding carboxylic acids is 3. The molecule has 1 aliphatic heterocycles. The number of aryl methyl sites for hydroxylation is 1. The number of imide groups is 1. The van der Waals surface area contributed by atoms with Crippen LogP contribution in [0, 0.1) is 0 Å². The number of nitrogens with zero attached hydrogens (tertiary/aromatic N) is 3. The van der Waals surface area contributed by atoms with E-state index in [-0.39, 0.29) is 29.3 Å². The number of aromatic nitrogens is 2. The third-order valence-electron chi connectivity index (χ3n) is 4.20. The van der Waals surface area contributed by atoms with Crippen LogP contribution in [0.5, 0.6) is 0 Å². The molecular formula is C17H18N4O3S. The van der Waals surface area contributed by atoms with E-state index >= 15 is 0 Å². The van der Waals surface area contributed by atoms with Gasteiger partial charge in [0.1, 0.15) is 5.01 Å². The van der Waals surface area contributed by atoms with Gasteiger partial charge in [0.05, 0.1) is 11.1 Å². The van der Waals surface area contributed by atoms with Crippen molar-refractivity contribution < 1.29 is 14.4 Å². The van der Waals surface area contributed by atoms with Gasteiger partial charge in [-0.05, 0) is 38.0 Å². The number of amides is 3. The van der Waals surface area contributed by atoms with Crippen LogP contribution >= 0.6 is 11.3 Å². The zero-order chi connectivity index (χ0) is 18.1. The molecule has 1 aromatic heterocycles. The monoisotopic (exact) mass is 358 g/mol. The predicted octanol–water partition coefficient (Wildman–Crippen LogP) is 2.75. The van der Waals surface area contributed by atoms with E-state index in [9.17, 15) is 14.4 Å². The van der Waals surface area contributed by atoms with E-state index in [4.69, 9.17) is 0 Å². The highest BCUT2D eigenvalue weighted by Crippen LogP contribution is 2.27. The quantitative estimate of drug-likeness (QED) is 0.830. The lowest BCUT2D eigenvalue weighted by atomic mass is 10.1. The largest absolute Gasteiger partial charge is 0.296 e. The molecule has 1 unspecified atom stereocenters. The van der Waals surface area contributed by atoms with Crippen LogP contribution in [0.4, 0.5) is 5.13 Å². The number of benzene rings is 1. The molecule has 2 heterocycles. The number of nitrogens with one attached hydrogen (secondary N) is 1. The smallest absolute Gasteiger partial charge is 0.261 e. The van der Waals surface area contributed by atoms with Crippen LogP contribution in [0.3, 0.4) is 0 Å². The van der Waals surface area contributed by atoms with Crippen molar-refractivity contribution in [2.75, 3.05) is 5.32 Å². The van der Waals surface area contributed by atoms with Crippen LogP contribution in [-0.4, -0.2) is 38.9 Å². The Labute approximate surface area is 149 Å². The SMILES string of the molecule is CCc1nnc(NC(=O)c2ccc3c(c2)C(=O)N(C(C)CC)C3=O)s1. The van der Waals surface area contributed by atoms with E-state index in [0.717, 1.165) is 11.4 Å². The first-order valence-electron chi connectivity index (χ1n) is 8.11. The minimum Gasteiger partial charge on any atom is -0.296 e. The van der Waals surface area contributed by atoms with E-state index in [1.54, 1.807) is 6.07 Å². The van der Waals surface area contributed by atoms with Crippen LogP contribution in [0.2, 0.25) is 0 Å². The number of hydrogen-bond donors (Lipinski definition) is 1. The van der Waals surface area contributed by atoms with Gasteiger partial charge in [-0.25, -0.2) is 0 Å². The fourth-order valence-corrected chi connectivity index (χ4v) is 3.27. The lowest BCUT2D eigenvalue weighted by Crippen LogP contribution is -2.37. The van der Waals surface area contributed by atoms with Gasteiger partial charge in [0.25, 0.3) is 17.7 Å². The first-order valence-corrected chi connectivity index (χ1v) is 8.93. The summed E-state index contributed by atoms with van der Waals surface area (Å²) in [6, 6.07) is 4.36. The molecule has 25 heavy (non-hydrogen) atoms. The number of fused-ring (bicyclic) bond motifs is 1. The Balaban J connectivity index is 1.85. The van der Waals surface area contributed by atoms with Crippen molar-refractivity contribution in [2.45, 2.75) is 39.7 Å². The fraction of sp³-hybridized carbons (Fsp3) is 0.353. The standard InChI is InChI=1S/C17H18N4O3S/c1-4-9(3)21-15(23)11-7-6-10(8-12(11)16(21)24)14(22)18-17-20-19-13(5-2)25-17/h6-9H,4-5H2,1-3H3,(H,18,20,22). The minimum atomic E-state index is -0.385. The zero-order valence-electron chi connectivity index (χ0n) is 14.2. The molecule has 130 valence electrons. The third-order valence-corrected chi connectivity index (χ3v) is 5.18. The van der Waals surface area contributed by atoms with Gasteiger partial charge in [0, 0.05) is 11.6 Å². The number of rotatable bonds is 5. The van der Waals surface area contributed by atoms with Gasteiger partial charge in [0.15, 0.2) is 0 Å². The normalized spacial score (nSPS) is 14.6.